The van der Waals surface area contributed by atoms with Gasteiger partial charge in [0.2, 0.25) is 0 Å². The van der Waals surface area contributed by atoms with Gasteiger partial charge in [-0.05, 0) is 36.5 Å². The normalized spacial score (nSPS) is 12.9. The highest BCUT2D eigenvalue weighted by molar-refractivity contribution is 7.10. The van der Waals surface area contributed by atoms with Crippen LogP contribution in [0.3, 0.4) is 0 Å². The molecule has 0 aliphatic rings. The first-order chi connectivity index (χ1) is 7.70. The summed E-state index contributed by atoms with van der Waals surface area (Å²) < 4.78 is 1.85. The molecule has 4 heteroatoms. The van der Waals surface area contributed by atoms with Crippen molar-refractivity contribution in [3.8, 4) is 0 Å². The van der Waals surface area contributed by atoms with Gasteiger partial charge < -0.3 is 5.32 Å². The van der Waals surface area contributed by atoms with Crippen LogP contribution in [-0.2, 0) is 7.05 Å². The van der Waals surface area contributed by atoms with Crippen LogP contribution in [-0.4, -0.2) is 16.3 Å². The molecule has 0 aliphatic heterocycles. The second-order valence-corrected chi connectivity index (χ2v) is 5.01. The lowest BCUT2D eigenvalue weighted by atomic mass is 10.1. The standard InChI is InChI=1S/C12H17N3S/c1-4-13-12(10-7-9(2)16-8-10)11-5-6-15(3)14-11/h5-8,12-13H,4H2,1-3H3. The number of nitrogens with one attached hydrogen (secondary N) is 1. The molecule has 2 heterocycles. The molecule has 16 heavy (non-hydrogen) atoms. The lowest BCUT2D eigenvalue weighted by Crippen LogP contribution is -2.22. The maximum atomic E-state index is 4.47. The molecule has 0 aliphatic carbocycles. The highest BCUT2D eigenvalue weighted by atomic mass is 32.1. The fourth-order valence-corrected chi connectivity index (χ4v) is 2.53. The largest absolute Gasteiger partial charge is 0.305 e. The van der Waals surface area contributed by atoms with E-state index in [9.17, 15) is 0 Å². The van der Waals surface area contributed by atoms with Crippen LogP contribution in [0, 0.1) is 6.92 Å². The summed E-state index contributed by atoms with van der Waals surface area (Å²) in [5.74, 6) is 0. The number of thiophene rings is 1. The number of rotatable bonds is 4. The van der Waals surface area contributed by atoms with Crippen LogP contribution >= 0.6 is 11.3 Å². The molecule has 1 unspecified atom stereocenters. The Balaban J connectivity index is 2.30. The van der Waals surface area contributed by atoms with Crippen LogP contribution in [0.5, 0.6) is 0 Å². The van der Waals surface area contributed by atoms with Gasteiger partial charge in [-0.15, -0.1) is 11.3 Å². The van der Waals surface area contributed by atoms with Gasteiger partial charge in [0.1, 0.15) is 0 Å². The fourth-order valence-electron chi connectivity index (χ4n) is 1.80. The third-order valence-corrected chi connectivity index (χ3v) is 3.40. The zero-order valence-corrected chi connectivity index (χ0v) is 10.7. The van der Waals surface area contributed by atoms with Crippen LogP contribution in [0.2, 0.25) is 0 Å². The van der Waals surface area contributed by atoms with Crippen molar-refractivity contribution in [3.63, 3.8) is 0 Å². The van der Waals surface area contributed by atoms with Crippen molar-refractivity contribution < 1.29 is 0 Å². The molecule has 0 spiro atoms. The van der Waals surface area contributed by atoms with Crippen molar-refractivity contribution in [1.82, 2.24) is 15.1 Å². The number of nitrogens with zero attached hydrogens (tertiary/aromatic N) is 2. The van der Waals surface area contributed by atoms with E-state index in [0.29, 0.717) is 0 Å². The molecule has 2 rings (SSSR count). The topological polar surface area (TPSA) is 29.9 Å². The fraction of sp³-hybridized carbons (Fsp3) is 0.417. The Kier molecular flexibility index (Phi) is 3.41. The van der Waals surface area contributed by atoms with E-state index in [1.54, 1.807) is 11.3 Å². The van der Waals surface area contributed by atoms with Gasteiger partial charge in [-0.25, -0.2) is 0 Å². The molecule has 0 bridgehead atoms. The monoisotopic (exact) mass is 235 g/mol. The molecule has 0 aromatic carbocycles. The van der Waals surface area contributed by atoms with Gasteiger partial charge in [0.05, 0.1) is 11.7 Å². The van der Waals surface area contributed by atoms with E-state index < -0.39 is 0 Å². The lowest BCUT2D eigenvalue weighted by molar-refractivity contribution is 0.601. The summed E-state index contributed by atoms with van der Waals surface area (Å²) in [6.07, 6.45) is 1.99. The van der Waals surface area contributed by atoms with E-state index in [4.69, 9.17) is 0 Å². The first-order valence-corrected chi connectivity index (χ1v) is 6.36. The SMILES string of the molecule is CCNC(c1csc(C)c1)c1ccn(C)n1. The molecule has 0 radical (unpaired) electrons. The van der Waals surface area contributed by atoms with E-state index in [2.05, 4.69) is 41.8 Å². The summed E-state index contributed by atoms with van der Waals surface area (Å²) >= 11 is 1.79. The number of aromatic nitrogens is 2. The third kappa shape index (κ3) is 2.33. The smallest absolute Gasteiger partial charge is 0.0839 e. The zero-order valence-electron chi connectivity index (χ0n) is 9.90. The van der Waals surface area contributed by atoms with Crippen LogP contribution in [0.1, 0.15) is 29.1 Å². The number of aryl methyl sites for hydroxylation is 2. The maximum absolute atomic E-state index is 4.47. The maximum Gasteiger partial charge on any atom is 0.0839 e. The van der Waals surface area contributed by atoms with Gasteiger partial charge in [0, 0.05) is 18.1 Å². The van der Waals surface area contributed by atoms with Crippen molar-refractivity contribution >= 4 is 11.3 Å². The van der Waals surface area contributed by atoms with Crippen molar-refractivity contribution in [3.05, 3.63) is 39.8 Å². The second-order valence-electron chi connectivity index (χ2n) is 3.90. The first-order valence-electron chi connectivity index (χ1n) is 5.48. The molecule has 0 fully saturated rings. The Labute approximate surface area is 100 Å². The van der Waals surface area contributed by atoms with Gasteiger partial charge in [0.15, 0.2) is 0 Å². The van der Waals surface area contributed by atoms with E-state index >= 15 is 0 Å². The Morgan fingerprint density at radius 1 is 1.56 bits per heavy atom. The quantitative estimate of drug-likeness (QED) is 0.882. The molecule has 0 saturated heterocycles. The Morgan fingerprint density at radius 2 is 2.38 bits per heavy atom. The average molecular weight is 235 g/mol. The second kappa shape index (κ2) is 4.80. The minimum absolute atomic E-state index is 0.219. The van der Waals surface area contributed by atoms with Crippen molar-refractivity contribution in [2.45, 2.75) is 19.9 Å². The predicted molar refractivity (Wildman–Crippen MR) is 67.8 cm³/mol. The minimum Gasteiger partial charge on any atom is -0.305 e. The molecule has 1 N–H and O–H groups in total. The molecule has 86 valence electrons. The van der Waals surface area contributed by atoms with Crippen molar-refractivity contribution in [2.75, 3.05) is 6.54 Å². The molecule has 0 amide bonds. The molecule has 0 saturated carbocycles. The third-order valence-electron chi connectivity index (χ3n) is 2.52. The van der Waals surface area contributed by atoms with Gasteiger partial charge in [-0.2, -0.15) is 5.10 Å². The Morgan fingerprint density at radius 3 is 2.88 bits per heavy atom. The number of hydrogen-bond acceptors (Lipinski definition) is 3. The lowest BCUT2D eigenvalue weighted by Gasteiger charge is -2.14. The summed E-state index contributed by atoms with van der Waals surface area (Å²) in [5.41, 5.74) is 2.39. The highest BCUT2D eigenvalue weighted by Gasteiger charge is 2.16. The molecule has 2 aromatic heterocycles. The van der Waals surface area contributed by atoms with E-state index in [-0.39, 0.29) is 6.04 Å². The van der Waals surface area contributed by atoms with Gasteiger partial charge in [-0.1, -0.05) is 6.92 Å². The molecule has 1 atom stereocenters. The van der Waals surface area contributed by atoms with Crippen LogP contribution in [0.4, 0.5) is 0 Å². The average Bonchev–Trinajstić information content (AvgIpc) is 2.84. The molecular weight excluding hydrogens is 218 g/mol. The van der Waals surface area contributed by atoms with E-state index in [1.165, 1.54) is 10.4 Å². The molecule has 3 nitrogen and oxygen atoms in total. The molecular formula is C12H17N3S. The highest BCUT2D eigenvalue weighted by Crippen LogP contribution is 2.24. The van der Waals surface area contributed by atoms with Crippen LogP contribution in [0.25, 0.3) is 0 Å². The van der Waals surface area contributed by atoms with Gasteiger partial charge in [0.25, 0.3) is 0 Å². The zero-order chi connectivity index (χ0) is 11.5. The molecule has 2 aromatic rings. The number of hydrogen-bond donors (Lipinski definition) is 1. The first kappa shape index (κ1) is 11.4. The minimum atomic E-state index is 0.219. The Bertz CT molecular complexity index is 418. The van der Waals surface area contributed by atoms with Crippen molar-refractivity contribution in [1.29, 1.82) is 0 Å². The van der Waals surface area contributed by atoms with E-state index in [1.807, 2.05) is 17.9 Å². The van der Waals surface area contributed by atoms with E-state index in [0.717, 1.165) is 12.2 Å². The Hall–Kier alpha value is -1.13. The summed E-state index contributed by atoms with van der Waals surface area (Å²) in [7, 11) is 1.95. The van der Waals surface area contributed by atoms with Crippen LogP contribution in [0.15, 0.2) is 23.7 Å². The summed E-state index contributed by atoms with van der Waals surface area (Å²) in [6.45, 7) is 5.20. The summed E-state index contributed by atoms with van der Waals surface area (Å²) in [4.78, 5) is 1.34. The summed E-state index contributed by atoms with van der Waals surface area (Å²) in [6, 6.07) is 4.52. The summed E-state index contributed by atoms with van der Waals surface area (Å²) in [5, 5.41) is 10.2. The van der Waals surface area contributed by atoms with Crippen molar-refractivity contribution in [2.24, 2.45) is 7.05 Å². The van der Waals surface area contributed by atoms with Gasteiger partial charge in [-0.3, -0.25) is 4.68 Å². The van der Waals surface area contributed by atoms with Gasteiger partial charge >= 0.3 is 0 Å². The predicted octanol–water partition coefficient (Wildman–Crippen LogP) is 2.49. The van der Waals surface area contributed by atoms with Crippen LogP contribution < -0.4 is 5.32 Å².